The molecule has 1 amide bonds. The maximum absolute atomic E-state index is 11.8. The Morgan fingerprint density at radius 1 is 1.15 bits per heavy atom. The number of carbonyl (C=O) groups is 1. The molecule has 2 heterocycles. The fraction of sp³-hybridized carbons (Fsp3) is 0.368. The van der Waals surface area contributed by atoms with E-state index >= 15 is 0 Å². The zero-order chi connectivity index (χ0) is 17.6. The largest absolute Gasteiger partial charge is 0.352 e. The van der Waals surface area contributed by atoms with Gasteiger partial charge >= 0.3 is 0 Å². The quantitative estimate of drug-likeness (QED) is 0.387. The lowest BCUT2D eigenvalue weighted by atomic mass is 10.2. The molecule has 2 aromatic rings. The minimum Gasteiger partial charge on any atom is -0.352 e. The summed E-state index contributed by atoms with van der Waals surface area (Å²) in [5.41, 5.74) is 2.15. The fourth-order valence-electron chi connectivity index (χ4n) is 2.87. The number of hydrogen-bond acceptors (Lipinski definition) is 3. The van der Waals surface area contributed by atoms with Gasteiger partial charge in [0.1, 0.15) is 0 Å². The maximum atomic E-state index is 11.8. The van der Waals surface area contributed by atoms with E-state index in [-0.39, 0.29) is 29.9 Å². The van der Waals surface area contributed by atoms with E-state index in [0.29, 0.717) is 13.0 Å². The molecule has 1 aromatic heterocycles. The first-order valence-electron chi connectivity index (χ1n) is 8.55. The van der Waals surface area contributed by atoms with Gasteiger partial charge in [-0.15, -0.1) is 35.3 Å². The van der Waals surface area contributed by atoms with Crippen LogP contribution in [-0.2, 0) is 17.9 Å². The molecule has 0 saturated carbocycles. The van der Waals surface area contributed by atoms with Gasteiger partial charge in [0.25, 0.3) is 0 Å². The average molecular weight is 484 g/mol. The lowest BCUT2D eigenvalue weighted by molar-refractivity contribution is -0.117. The van der Waals surface area contributed by atoms with Gasteiger partial charge in [-0.05, 0) is 43.2 Å². The highest BCUT2D eigenvalue weighted by atomic mass is 127. The molecule has 7 heteroatoms. The van der Waals surface area contributed by atoms with Gasteiger partial charge in [-0.1, -0.05) is 12.1 Å². The Morgan fingerprint density at radius 2 is 1.88 bits per heavy atom. The number of nitrogens with one attached hydrogen (secondary N) is 2. The van der Waals surface area contributed by atoms with Crippen molar-refractivity contribution in [2.45, 2.75) is 32.9 Å². The number of benzene rings is 1. The first-order valence-corrected chi connectivity index (χ1v) is 9.36. The molecule has 1 saturated heterocycles. The van der Waals surface area contributed by atoms with Crippen molar-refractivity contribution in [1.82, 2.24) is 10.6 Å². The summed E-state index contributed by atoms with van der Waals surface area (Å²) in [5.74, 6) is 1.00. The monoisotopic (exact) mass is 484 g/mol. The number of carbonyl (C=O) groups excluding carboxylic acids is 1. The summed E-state index contributed by atoms with van der Waals surface area (Å²) >= 11 is 1.79. The number of aryl methyl sites for hydroxylation is 1. The third kappa shape index (κ3) is 5.44. The molecule has 0 spiro atoms. The minimum atomic E-state index is 0. The molecule has 5 nitrogen and oxygen atoms in total. The topological polar surface area (TPSA) is 56.7 Å². The van der Waals surface area contributed by atoms with Gasteiger partial charge in [-0.25, -0.2) is 0 Å². The highest BCUT2D eigenvalue weighted by Crippen LogP contribution is 2.21. The van der Waals surface area contributed by atoms with Crippen molar-refractivity contribution >= 4 is 52.9 Å². The standard InChI is InChI=1S/C19H24N4OS.HI/c1-14-5-10-17(25-14)13-22-19(20-2)21-12-15-6-8-16(9-7-15)23-11-3-4-18(23)24;/h5-10H,3-4,11-13H2,1-2H3,(H2,20,21,22);1H. The highest BCUT2D eigenvalue weighted by molar-refractivity contribution is 14.0. The summed E-state index contributed by atoms with van der Waals surface area (Å²) < 4.78 is 0. The van der Waals surface area contributed by atoms with Crippen molar-refractivity contribution in [2.24, 2.45) is 4.99 Å². The second-order valence-corrected chi connectivity index (χ2v) is 7.48. The van der Waals surface area contributed by atoms with Gasteiger partial charge in [0.2, 0.25) is 5.91 Å². The molecule has 1 fully saturated rings. The van der Waals surface area contributed by atoms with E-state index in [9.17, 15) is 4.79 Å². The number of thiophene rings is 1. The first kappa shape index (κ1) is 20.7. The molecule has 1 aliphatic rings. The number of halogens is 1. The second kappa shape index (κ2) is 9.91. The Bertz CT molecular complexity index is 757. The summed E-state index contributed by atoms with van der Waals surface area (Å²) in [7, 11) is 1.77. The molecule has 1 aromatic carbocycles. The Labute approximate surface area is 175 Å². The van der Waals surface area contributed by atoms with Gasteiger partial charge < -0.3 is 15.5 Å². The van der Waals surface area contributed by atoms with Crippen LogP contribution in [0.2, 0.25) is 0 Å². The Balaban J connectivity index is 0.00000243. The third-order valence-corrected chi connectivity index (χ3v) is 5.23. The number of anilines is 1. The SMILES string of the molecule is CN=C(NCc1ccc(N2CCCC2=O)cc1)NCc1ccc(C)s1.I. The van der Waals surface area contributed by atoms with E-state index in [1.165, 1.54) is 9.75 Å². The van der Waals surface area contributed by atoms with Crippen molar-refractivity contribution in [3.8, 4) is 0 Å². The molecule has 0 aliphatic carbocycles. The lowest BCUT2D eigenvalue weighted by Gasteiger charge is -2.16. The summed E-state index contributed by atoms with van der Waals surface area (Å²) in [6, 6.07) is 12.4. The molecule has 3 rings (SSSR count). The van der Waals surface area contributed by atoms with Crippen LogP contribution in [0.25, 0.3) is 0 Å². The zero-order valence-corrected chi connectivity index (χ0v) is 18.3. The van der Waals surface area contributed by atoms with Gasteiger partial charge in [-0.2, -0.15) is 0 Å². The predicted octanol–water partition coefficient (Wildman–Crippen LogP) is 3.67. The summed E-state index contributed by atoms with van der Waals surface area (Å²) in [6.45, 7) is 4.40. The maximum Gasteiger partial charge on any atom is 0.227 e. The highest BCUT2D eigenvalue weighted by Gasteiger charge is 2.21. The molecule has 0 radical (unpaired) electrons. The number of hydrogen-bond donors (Lipinski definition) is 2. The van der Waals surface area contributed by atoms with Crippen molar-refractivity contribution in [3.63, 3.8) is 0 Å². The number of aliphatic imine (C=N–C) groups is 1. The lowest BCUT2D eigenvalue weighted by Crippen LogP contribution is -2.36. The van der Waals surface area contributed by atoms with Crippen molar-refractivity contribution < 1.29 is 4.79 Å². The van der Waals surface area contributed by atoms with Crippen LogP contribution in [0, 0.1) is 6.92 Å². The first-order chi connectivity index (χ1) is 12.2. The predicted molar refractivity (Wildman–Crippen MR) is 120 cm³/mol. The van der Waals surface area contributed by atoms with Crippen molar-refractivity contribution in [2.75, 3.05) is 18.5 Å². The molecule has 0 atom stereocenters. The number of rotatable bonds is 5. The van der Waals surface area contributed by atoms with Crippen LogP contribution in [0.1, 0.15) is 28.2 Å². The Hall–Kier alpha value is -1.61. The molecule has 1 aliphatic heterocycles. The Morgan fingerprint density at radius 3 is 2.46 bits per heavy atom. The van der Waals surface area contributed by atoms with E-state index in [0.717, 1.165) is 36.7 Å². The normalized spacial score (nSPS) is 14.3. The van der Waals surface area contributed by atoms with Crippen LogP contribution in [0.4, 0.5) is 5.69 Å². The van der Waals surface area contributed by atoms with Crippen molar-refractivity contribution in [3.05, 3.63) is 51.7 Å². The van der Waals surface area contributed by atoms with E-state index in [1.807, 2.05) is 17.0 Å². The molecule has 0 bridgehead atoms. The fourth-order valence-corrected chi connectivity index (χ4v) is 3.70. The number of amides is 1. The van der Waals surface area contributed by atoms with E-state index in [4.69, 9.17) is 0 Å². The van der Waals surface area contributed by atoms with E-state index in [1.54, 1.807) is 18.4 Å². The third-order valence-electron chi connectivity index (χ3n) is 4.23. The molecule has 26 heavy (non-hydrogen) atoms. The molecule has 140 valence electrons. The molecular formula is C19H25IN4OS. The number of nitrogens with zero attached hydrogens (tertiary/aromatic N) is 2. The Kier molecular flexibility index (Phi) is 7.89. The van der Waals surface area contributed by atoms with Gasteiger partial charge in [0, 0.05) is 42.0 Å². The van der Waals surface area contributed by atoms with Crippen LogP contribution >= 0.6 is 35.3 Å². The van der Waals surface area contributed by atoms with Crippen LogP contribution in [0.15, 0.2) is 41.4 Å². The summed E-state index contributed by atoms with van der Waals surface area (Å²) in [6.07, 6.45) is 1.61. The minimum absolute atomic E-state index is 0. The molecule has 2 N–H and O–H groups in total. The second-order valence-electron chi connectivity index (χ2n) is 6.11. The zero-order valence-electron chi connectivity index (χ0n) is 15.1. The summed E-state index contributed by atoms with van der Waals surface area (Å²) in [5, 5.41) is 6.65. The van der Waals surface area contributed by atoms with Gasteiger partial charge in [0.15, 0.2) is 5.96 Å². The molecule has 0 unspecified atom stereocenters. The van der Waals surface area contributed by atoms with E-state index in [2.05, 4.69) is 46.8 Å². The van der Waals surface area contributed by atoms with Gasteiger partial charge in [-0.3, -0.25) is 9.79 Å². The van der Waals surface area contributed by atoms with E-state index < -0.39 is 0 Å². The average Bonchev–Trinajstić information content (AvgIpc) is 3.24. The van der Waals surface area contributed by atoms with Gasteiger partial charge in [0.05, 0.1) is 6.54 Å². The van der Waals surface area contributed by atoms with Crippen LogP contribution in [-0.4, -0.2) is 25.5 Å². The number of guanidine groups is 1. The van der Waals surface area contributed by atoms with Crippen molar-refractivity contribution in [1.29, 1.82) is 0 Å². The molecular weight excluding hydrogens is 459 g/mol. The van der Waals surface area contributed by atoms with Crippen LogP contribution in [0.5, 0.6) is 0 Å². The summed E-state index contributed by atoms with van der Waals surface area (Å²) in [4.78, 5) is 20.5. The van der Waals surface area contributed by atoms with Crippen LogP contribution in [0.3, 0.4) is 0 Å². The van der Waals surface area contributed by atoms with Crippen LogP contribution < -0.4 is 15.5 Å². The smallest absolute Gasteiger partial charge is 0.227 e.